The zero-order valence-electron chi connectivity index (χ0n) is 16.5. The predicted octanol–water partition coefficient (Wildman–Crippen LogP) is 5.25. The normalized spacial score (nSPS) is 9.68. The molecule has 0 aliphatic rings. The van der Waals surface area contributed by atoms with Crippen molar-refractivity contribution in [2.75, 3.05) is 0 Å². The van der Waals surface area contributed by atoms with Crippen LogP contribution in [0.3, 0.4) is 0 Å². The number of hydrogen-bond donors (Lipinski definition) is 1. The van der Waals surface area contributed by atoms with Gasteiger partial charge in [-0.05, 0) is 71.8 Å². The molecule has 0 bridgehead atoms. The van der Waals surface area contributed by atoms with Crippen molar-refractivity contribution >= 4 is 5.97 Å². The maximum absolute atomic E-state index is 10.9. The number of carboxylic acids is 1. The molecule has 1 heterocycles. The molecule has 3 aromatic carbocycles. The minimum Gasteiger partial charge on any atom is -0.478 e. The van der Waals surface area contributed by atoms with Crippen molar-refractivity contribution in [1.29, 1.82) is 0 Å². The van der Waals surface area contributed by atoms with Gasteiger partial charge in [0.25, 0.3) is 0 Å². The van der Waals surface area contributed by atoms with Gasteiger partial charge in [0.15, 0.2) is 0 Å². The Hall–Kier alpha value is -4.60. The fourth-order valence-electron chi connectivity index (χ4n) is 2.91. The molecular weight excluding hydrogens is 382 g/mol. The van der Waals surface area contributed by atoms with Gasteiger partial charge in [-0.15, -0.1) is 0 Å². The van der Waals surface area contributed by atoms with Crippen LogP contribution in [-0.4, -0.2) is 16.1 Å². The maximum Gasteiger partial charge on any atom is 0.335 e. The molecule has 3 nitrogen and oxygen atoms in total. The number of rotatable bonds is 2. The molecule has 0 spiro atoms. The van der Waals surface area contributed by atoms with E-state index in [0.29, 0.717) is 0 Å². The molecule has 1 aromatic heterocycles. The van der Waals surface area contributed by atoms with Crippen molar-refractivity contribution in [2.24, 2.45) is 0 Å². The minimum absolute atomic E-state index is 0.254. The monoisotopic (exact) mass is 399 g/mol. The smallest absolute Gasteiger partial charge is 0.335 e. The molecule has 146 valence electrons. The van der Waals surface area contributed by atoms with Crippen LogP contribution in [0.1, 0.15) is 32.6 Å². The highest BCUT2D eigenvalue weighted by molar-refractivity contribution is 5.87. The van der Waals surface area contributed by atoms with Crippen LogP contribution in [0.2, 0.25) is 0 Å². The first-order chi connectivity index (χ1) is 15.2. The first kappa shape index (κ1) is 19.7. The van der Waals surface area contributed by atoms with E-state index in [1.165, 1.54) is 0 Å². The Morgan fingerprint density at radius 2 is 0.903 bits per heavy atom. The van der Waals surface area contributed by atoms with Gasteiger partial charge in [-0.3, -0.25) is 4.98 Å². The molecule has 0 saturated carbocycles. The lowest BCUT2D eigenvalue weighted by Crippen LogP contribution is -1.94. The molecule has 1 N–H and O–H groups in total. The number of hydrogen-bond acceptors (Lipinski definition) is 2. The quantitative estimate of drug-likeness (QED) is 0.469. The number of aromatic carboxylic acids is 1. The Morgan fingerprint density at radius 1 is 0.548 bits per heavy atom. The molecule has 0 saturated heterocycles. The largest absolute Gasteiger partial charge is 0.478 e. The summed E-state index contributed by atoms with van der Waals surface area (Å²) in [6, 6.07) is 26.5. The van der Waals surface area contributed by atoms with E-state index < -0.39 is 5.97 Å². The molecule has 4 rings (SSSR count). The number of nitrogens with zero attached hydrogens (tertiary/aromatic N) is 1. The number of carboxylic acid groups (broad SMARTS) is 1. The van der Waals surface area contributed by atoms with Gasteiger partial charge in [0.05, 0.1) is 5.56 Å². The highest BCUT2D eigenvalue weighted by Crippen LogP contribution is 2.20. The van der Waals surface area contributed by atoms with E-state index in [9.17, 15) is 4.79 Å². The zero-order valence-corrected chi connectivity index (χ0v) is 16.5. The lowest BCUT2D eigenvalue weighted by atomic mass is 10.0. The van der Waals surface area contributed by atoms with Gasteiger partial charge in [0.2, 0.25) is 0 Å². The minimum atomic E-state index is -0.941. The van der Waals surface area contributed by atoms with Crippen molar-refractivity contribution < 1.29 is 9.90 Å². The standard InChI is InChI=1S/C28H17NO2/c30-28(31)27-15-9-23(10-16-27)2-1-21-5-11-25(12-6-21)26-13-7-22(8-14-26)3-4-24-17-19-29-20-18-24/h5-20H,(H,30,31). The Morgan fingerprint density at radius 3 is 1.29 bits per heavy atom. The summed E-state index contributed by atoms with van der Waals surface area (Å²) in [6.07, 6.45) is 3.46. The van der Waals surface area contributed by atoms with Gasteiger partial charge in [0, 0.05) is 34.6 Å². The van der Waals surface area contributed by atoms with Crippen molar-refractivity contribution in [3.05, 3.63) is 125 Å². The molecule has 3 heteroatoms. The van der Waals surface area contributed by atoms with Crippen molar-refractivity contribution in [1.82, 2.24) is 4.98 Å². The maximum atomic E-state index is 10.9. The molecule has 0 unspecified atom stereocenters. The first-order valence-corrected chi connectivity index (χ1v) is 9.65. The van der Waals surface area contributed by atoms with Crippen LogP contribution in [0, 0.1) is 23.7 Å². The Balaban J connectivity index is 1.45. The topological polar surface area (TPSA) is 50.2 Å². The lowest BCUT2D eigenvalue weighted by Gasteiger charge is -2.02. The second-order valence-corrected chi connectivity index (χ2v) is 6.77. The highest BCUT2D eigenvalue weighted by Gasteiger charge is 2.00. The molecule has 0 aliphatic carbocycles. The first-order valence-electron chi connectivity index (χ1n) is 9.65. The third kappa shape index (κ3) is 5.26. The van der Waals surface area contributed by atoms with Gasteiger partial charge < -0.3 is 5.11 Å². The van der Waals surface area contributed by atoms with Crippen molar-refractivity contribution in [2.45, 2.75) is 0 Å². The summed E-state index contributed by atoms with van der Waals surface area (Å²) in [5.41, 5.74) is 6.03. The average molecular weight is 399 g/mol. The van der Waals surface area contributed by atoms with Gasteiger partial charge in [-0.1, -0.05) is 47.9 Å². The lowest BCUT2D eigenvalue weighted by molar-refractivity contribution is 0.0697. The second-order valence-electron chi connectivity index (χ2n) is 6.77. The summed E-state index contributed by atoms with van der Waals surface area (Å²) in [5, 5.41) is 8.95. The number of pyridine rings is 1. The Kier molecular flexibility index (Phi) is 5.89. The summed E-state index contributed by atoms with van der Waals surface area (Å²) in [5.74, 6) is 11.5. The second kappa shape index (κ2) is 9.27. The summed E-state index contributed by atoms with van der Waals surface area (Å²) in [7, 11) is 0. The van der Waals surface area contributed by atoms with E-state index in [1.807, 2.05) is 48.5 Å². The molecule has 0 atom stereocenters. The molecule has 0 radical (unpaired) electrons. The van der Waals surface area contributed by atoms with E-state index in [-0.39, 0.29) is 5.56 Å². The van der Waals surface area contributed by atoms with E-state index in [4.69, 9.17) is 5.11 Å². The zero-order chi connectivity index (χ0) is 21.5. The van der Waals surface area contributed by atoms with Crippen LogP contribution in [-0.2, 0) is 0 Å². The average Bonchev–Trinajstić information content (AvgIpc) is 2.83. The fourth-order valence-corrected chi connectivity index (χ4v) is 2.91. The Labute approximate surface area is 181 Å². The highest BCUT2D eigenvalue weighted by atomic mass is 16.4. The fraction of sp³-hybridized carbons (Fsp3) is 0. The van der Waals surface area contributed by atoms with Crippen molar-refractivity contribution in [3.63, 3.8) is 0 Å². The van der Waals surface area contributed by atoms with E-state index in [2.05, 4.69) is 40.8 Å². The van der Waals surface area contributed by atoms with Crippen molar-refractivity contribution in [3.8, 4) is 34.8 Å². The van der Waals surface area contributed by atoms with Gasteiger partial charge >= 0.3 is 5.97 Å². The molecule has 4 aromatic rings. The van der Waals surface area contributed by atoms with Crippen LogP contribution in [0.4, 0.5) is 0 Å². The SMILES string of the molecule is O=C(O)c1ccc(C#Cc2ccc(-c3ccc(C#Cc4ccncc4)cc3)cc2)cc1. The van der Waals surface area contributed by atoms with E-state index in [0.717, 1.165) is 33.4 Å². The summed E-state index contributed by atoms with van der Waals surface area (Å²) >= 11 is 0. The summed E-state index contributed by atoms with van der Waals surface area (Å²) in [4.78, 5) is 14.9. The van der Waals surface area contributed by atoms with Gasteiger partial charge in [-0.2, -0.15) is 0 Å². The number of benzene rings is 3. The molecule has 31 heavy (non-hydrogen) atoms. The van der Waals surface area contributed by atoms with Gasteiger partial charge in [0.1, 0.15) is 0 Å². The van der Waals surface area contributed by atoms with E-state index >= 15 is 0 Å². The van der Waals surface area contributed by atoms with E-state index in [1.54, 1.807) is 36.7 Å². The summed E-state index contributed by atoms with van der Waals surface area (Å²) < 4.78 is 0. The molecule has 0 amide bonds. The predicted molar refractivity (Wildman–Crippen MR) is 121 cm³/mol. The Bertz CT molecular complexity index is 1310. The van der Waals surface area contributed by atoms with Gasteiger partial charge in [-0.25, -0.2) is 4.79 Å². The third-order valence-electron chi connectivity index (χ3n) is 4.62. The summed E-state index contributed by atoms with van der Waals surface area (Å²) in [6.45, 7) is 0. The molecular formula is C28H17NO2. The molecule has 0 aliphatic heterocycles. The van der Waals surface area contributed by atoms with Crippen LogP contribution in [0.25, 0.3) is 11.1 Å². The third-order valence-corrected chi connectivity index (χ3v) is 4.62. The van der Waals surface area contributed by atoms with Crippen LogP contribution in [0.15, 0.2) is 97.3 Å². The van der Waals surface area contributed by atoms with Crippen LogP contribution >= 0.6 is 0 Å². The molecule has 0 fully saturated rings. The van der Waals surface area contributed by atoms with Crippen LogP contribution in [0.5, 0.6) is 0 Å². The number of aromatic nitrogens is 1. The van der Waals surface area contributed by atoms with Crippen LogP contribution < -0.4 is 0 Å². The number of carbonyl (C=O) groups is 1.